The zero-order chi connectivity index (χ0) is 18.4. The van der Waals surface area contributed by atoms with Gasteiger partial charge in [-0.25, -0.2) is 0 Å². The highest BCUT2D eigenvalue weighted by Crippen LogP contribution is 2.15. The molecule has 1 aliphatic rings. The average molecular weight is 354 g/mol. The number of carbonyl (C=O) groups excluding carboxylic acids is 1. The van der Waals surface area contributed by atoms with Crippen LogP contribution in [0.25, 0.3) is 0 Å². The Morgan fingerprint density at radius 2 is 1.96 bits per heavy atom. The Morgan fingerprint density at radius 3 is 2.69 bits per heavy atom. The van der Waals surface area contributed by atoms with E-state index < -0.39 is 0 Å². The Morgan fingerprint density at radius 1 is 1.15 bits per heavy atom. The van der Waals surface area contributed by atoms with E-state index >= 15 is 0 Å². The Labute approximate surface area is 156 Å². The Balaban J connectivity index is 1.49. The third-order valence-electron chi connectivity index (χ3n) is 5.33. The second kappa shape index (κ2) is 8.99. The SMILES string of the molecule is CCc1[nH]nc(C(=O)N2CCCN(CCCc3ccccc3)CC2)c1C. The van der Waals surface area contributed by atoms with Gasteiger partial charge in [0.25, 0.3) is 5.91 Å². The monoisotopic (exact) mass is 354 g/mol. The molecule has 1 N–H and O–H groups in total. The lowest BCUT2D eigenvalue weighted by Crippen LogP contribution is -2.36. The zero-order valence-electron chi connectivity index (χ0n) is 16.0. The summed E-state index contributed by atoms with van der Waals surface area (Å²) in [5.74, 6) is 0.0737. The number of hydrogen-bond donors (Lipinski definition) is 1. The minimum Gasteiger partial charge on any atom is -0.336 e. The van der Waals surface area contributed by atoms with Gasteiger partial charge in [0.15, 0.2) is 5.69 Å². The number of nitrogens with one attached hydrogen (secondary N) is 1. The zero-order valence-corrected chi connectivity index (χ0v) is 16.0. The lowest BCUT2D eigenvalue weighted by molar-refractivity contribution is 0.0755. The molecule has 5 nitrogen and oxygen atoms in total. The number of rotatable bonds is 6. The van der Waals surface area contributed by atoms with Gasteiger partial charge in [0.05, 0.1) is 0 Å². The van der Waals surface area contributed by atoms with Gasteiger partial charge >= 0.3 is 0 Å². The summed E-state index contributed by atoms with van der Waals surface area (Å²) in [7, 11) is 0. The van der Waals surface area contributed by atoms with Crippen molar-refractivity contribution in [2.45, 2.75) is 39.5 Å². The predicted octanol–water partition coefficient (Wildman–Crippen LogP) is 3.06. The molecule has 2 aromatic rings. The molecule has 3 rings (SSSR count). The third kappa shape index (κ3) is 4.52. The molecular formula is C21H30N4O. The lowest BCUT2D eigenvalue weighted by Gasteiger charge is -2.21. The van der Waals surface area contributed by atoms with Crippen molar-refractivity contribution in [2.24, 2.45) is 0 Å². The van der Waals surface area contributed by atoms with Crippen LogP contribution in [0.2, 0.25) is 0 Å². The van der Waals surface area contributed by atoms with Crippen molar-refractivity contribution in [1.29, 1.82) is 0 Å². The average Bonchev–Trinajstić information content (AvgIpc) is 2.88. The summed E-state index contributed by atoms with van der Waals surface area (Å²) in [4.78, 5) is 17.3. The largest absolute Gasteiger partial charge is 0.336 e. The normalized spacial score (nSPS) is 15.8. The summed E-state index contributed by atoms with van der Waals surface area (Å²) in [5, 5.41) is 7.27. The molecule has 1 fully saturated rings. The summed E-state index contributed by atoms with van der Waals surface area (Å²) in [5.41, 5.74) is 4.06. The first-order valence-electron chi connectivity index (χ1n) is 9.78. The van der Waals surface area contributed by atoms with E-state index in [1.54, 1.807) is 0 Å². The van der Waals surface area contributed by atoms with E-state index in [2.05, 4.69) is 52.4 Å². The van der Waals surface area contributed by atoms with Crippen molar-refractivity contribution in [3.63, 3.8) is 0 Å². The molecule has 0 aliphatic carbocycles. The van der Waals surface area contributed by atoms with E-state index in [9.17, 15) is 4.79 Å². The number of hydrogen-bond acceptors (Lipinski definition) is 3. The van der Waals surface area contributed by atoms with Gasteiger partial charge in [-0.2, -0.15) is 5.10 Å². The van der Waals surface area contributed by atoms with Gasteiger partial charge in [-0.1, -0.05) is 37.3 Å². The molecule has 2 heterocycles. The van der Waals surface area contributed by atoms with E-state index in [4.69, 9.17) is 0 Å². The van der Waals surface area contributed by atoms with E-state index in [1.165, 1.54) is 5.56 Å². The number of carbonyl (C=O) groups is 1. The second-order valence-corrected chi connectivity index (χ2v) is 7.11. The molecule has 26 heavy (non-hydrogen) atoms. The lowest BCUT2D eigenvalue weighted by atomic mass is 10.1. The number of aromatic nitrogens is 2. The van der Waals surface area contributed by atoms with E-state index in [-0.39, 0.29) is 5.91 Å². The molecule has 1 amide bonds. The van der Waals surface area contributed by atoms with Crippen LogP contribution in [0.1, 0.15) is 47.1 Å². The van der Waals surface area contributed by atoms with Crippen molar-refractivity contribution < 1.29 is 4.79 Å². The highest BCUT2D eigenvalue weighted by Gasteiger charge is 2.24. The van der Waals surface area contributed by atoms with Crippen LogP contribution in [-0.2, 0) is 12.8 Å². The van der Waals surface area contributed by atoms with Crippen molar-refractivity contribution in [3.8, 4) is 0 Å². The quantitative estimate of drug-likeness (QED) is 0.867. The van der Waals surface area contributed by atoms with Crippen LogP contribution in [0.5, 0.6) is 0 Å². The van der Waals surface area contributed by atoms with Gasteiger partial charge in [0.2, 0.25) is 0 Å². The molecule has 0 bridgehead atoms. The molecule has 1 saturated heterocycles. The van der Waals surface area contributed by atoms with E-state index in [0.717, 1.165) is 69.7 Å². The van der Waals surface area contributed by atoms with Crippen molar-refractivity contribution >= 4 is 5.91 Å². The second-order valence-electron chi connectivity index (χ2n) is 7.11. The van der Waals surface area contributed by atoms with E-state index in [0.29, 0.717) is 5.69 Å². The fourth-order valence-electron chi connectivity index (χ4n) is 3.69. The Kier molecular flexibility index (Phi) is 6.45. The Bertz CT molecular complexity index is 710. The summed E-state index contributed by atoms with van der Waals surface area (Å²) >= 11 is 0. The first kappa shape index (κ1) is 18.6. The molecule has 1 aromatic heterocycles. The van der Waals surface area contributed by atoms with Crippen LogP contribution in [0.3, 0.4) is 0 Å². The summed E-state index contributed by atoms with van der Waals surface area (Å²) < 4.78 is 0. The number of aryl methyl sites for hydroxylation is 2. The molecule has 0 saturated carbocycles. The summed E-state index contributed by atoms with van der Waals surface area (Å²) in [6.45, 7) is 8.79. The number of amides is 1. The van der Waals surface area contributed by atoms with E-state index in [1.807, 2.05) is 11.8 Å². The smallest absolute Gasteiger partial charge is 0.274 e. The van der Waals surface area contributed by atoms with Crippen molar-refractivity contribution in [1.82, 2.24) is 20.0 Å². The van der Waals surface area contributed by atoms with Gasteiger partial charge in [-0.3, -0.25) is 9.89 Å². The minimum absolute atomic E-state index is 0.0737. The maximum absolute atomic E-state index is 12.8. The highest BCUT2D eigenvalue weighted by atomic mass is 16.2. The Hall–Kier alpha value is -2.14. The van der Waals surface area contributed by atoms with Crippen LogP contribution in [0.4, 0.5) is 0 Å². The minimum atomic E-state index is 0.0737. The van der Waals surface area contributed by atoms with Crippen LogP contribution >= 0.6 is 0 Å². The molecule has 1 aliphatic heterocycles. The summed E-state index contributed by atoms with van der Waals surface area (Å²) in [6.07, 6.45) is 4.19. The summed E-state index contributed by atoms with van der Waals surface area (Å²) in [6, 6.07) is 10.7. The number of benzene rings is 1. The third-order valence-corrected chi connectivity index (χ3v) is 5.33. The van der Waals surface area contributed by atoms with Crippen molar-refractivity contribution in [2.75, 3.05) is 32.7 Å². The van der Waals surface area contributed by atoms with Gasteiger partial charge in [0, 0.05) is 30.9 Å². The fraction of sp³-hybridized carbons (Fsp3) is 0.524. The first-order chi connectivity index (χ1) is 12.7. The van der Waals surface area contributed by atoms with Gasteiger partial charge < -0.3 is 9.80 Å². The number of nitrogens with zero attached hydrogens (tertiary/aromatic N) is 3. The van der Waals surface area contributed by atoms with Gasteiger partial charge in [0.1, 0.15) is 0 Å². The van der Waals surface area contributed by atoms with Crippen LogP contribution in [-0.4, -0.2) is 58.6 Å². The molecular weight excluding hydrogens is 324 g/mol. The fourth-order valence-corrected chi connectivity index (χ4v) is 3.69. The van der Waals surface area contributed by atoms with Crippen molar-refractivity contribution in [3.05, 3.63) is 52.8 Å². The van der Waals surface area contributed by atoms with Gasteiger partial charge in [-0.05, 0) is 51.3 Å². The number of aromatic amines is 1. The molecule has 140 valence electrons. The topological polar surface area (TPSA) is 52.2 Å². The highest BCUT2D eigenvalue weighted by molar-refractivity contribution is 5.93. The molecule has 5 heteroatoms. The maximum Gasteiger partial charge on any atom is 0.274 e. The molecule has 0 spiro atoms. The number of H-pyrrole nitrogens is 1. The van der Waals surface area contributed by atoms with Crippen LogP contribution in [0.15, 0.2) is 30.3 Å². The molecule has 0 atom stereocenters. The molecule has 1 aromatic carbocycles. The standard InChI is InChI=1S/C21H30N4O/c1-3-19-17(2)20(23-22-19)21(26)25-14-8-13-24(15-16-25)12-7-11-18-9-5-4-6-10-18/h4-6,9-10H,3,7-8,11-16H2,1-2H3,(H,22,23). The predicted molar refractivity (Wildman–Crippen MR) is 104 cm³/mol. The van der Waals surface area contributed by atoms with Gasteiger partial charge in [-0.15, -0.1) is 0 Å². The van der Waals surface area contributed by atoms with Crippen LogP contribution < -0.4 is 0 Å². The maximum atomic E-state index is 12.8. The molecule has 0 unspecified atom stereocenters. The molecule has 0 radical (unpaired) electrons. The van der Waals surface area contributed by atoms with Crippen LogP contribution in [0, 0.1) is 6.92 Å². The first-order valence-corrected chi connectivity index (χ1v) is 9.78.